The van der Waals surface area contributed by atoms with E-state index in [0.29, 0.717) is 0 Å². The van der Waals surface area contributed by atoms with Crippen molar-refractivity contribution in [1.82, 2.24) is 0 Å². The van der Waals surface area contributed by atoms with Crippen LogP contribution in [-0.4, -0.2) is 30.5 Å². The topological polar surface area (TPSA) is 83.8 Å². The summed E-state index contributed by atoms with van der Waals surface area (Å²) in [6.07, 6.45) is 0. The first kappa shape index (κ1) is 17.0. The Labute approximate surface area is 127 Å². The smallest absolute Gasteiger partial charge is 0.351 e. The lowest BCUT2D eigenvalue weighted by Gasteiger charge is -2.32. The Hall–Kier alpha value is -1.08. The molecule has 0 radical (unpaired) electrons. The number of carbonyl (C=O) groups is 2. The fourth-order valence-electron chi connectivity index (χ4n) is 1.66. The maximum absolute atomic E-state index is 11.6. The Balaban J connectivity index is 3.54. The first-order chi connectivity index (χ1) is 9.00. The molecule has 1 aromatic carbocycles. The molecular formula is C12H14Cl2O5Si. The van der Waals surface area contributed by atoms with Gasteiger partial charge in [-0.25, -0.2) is 9.59 Å². The zero-order valence-corrected chi connectivity index (χ0v) is 13.6. The predicted octanol–water partition coefficient (Wildman–Crippen LogP) is 3.21. The van der Waals surface area contributed by atoms with Gasteiger partial charge in [-0.15, -0.1) is 0 Å². The second-order valence-corrected chi connectivity index (χ2v) is 10.4. The minimum absolute atomic E-state index is 0.0650. The van der Waals surface area contributed by atoms with Gasteiger partial charge in [-0.05, 0) is 31.8 Å². The summed E-state index contributed by atoms with van der Waals surface area (Å²) < 4.78 is 5.47. The normalized spacial score (nSPS) is 12.2. The van der Waals surface area contributed by atoms with Crippen molar-refractivity contribution in [2.24, 2.45) is 0 Å². The van der Waals surface area contributed by atoms with Gasteiger partial charge in [-0.2, -0.15) is 0 Å². The lowest BCUT2D eigenvalue weighted by molar-refractivity contribution is -0.174. The molecule has 20 heavy (non-hydrogen) atoms. The van der Waals surface area contributed by atoms with Gasteiger partial charge in [0.15, 0.2) is 8.32 Å². The molecule has 1 aromatic rings. The van der Waals surface area contributed by atoms with E-state index >= 15 is 0 Å². The van der Waals surface area contributed by atoms with E-state index in [9.17, 15) is 19.8 Å². The van der Waals surface area contributed by atoms with Crippen LogP contribution in [0.3, 0.4) is 0 Å². The van der Waals surface area contributed by atoms with E-state index in [-0.39, 0.29) is 15.6 Å². The molecule has 0 aliphatic rings. The monoisotopic (exact) mass is 336 g/mol. The van der Waals surface area contributed by atoms with E-state index in [1.165, 1.54) is 18.2 Å². The van der Waals surface area contributed by atoms with Gasteiger partial charge >= 0.3 is 11.9 Å². The number of carboxylic acid groups (broad SMARTS) is 2. The van der Waals surface area contributed by atoms with E-state index in [2.05, 4.69) is 0 Å². The molecule has 8 heteroatoms. The molecule has 2 N–H and O–H groups in total. The predicted molar refractivity (Wildman–Crippen MR) is 77.8 cm³/mol. The lowest BCUT2D eigenvalue weighted by Crippen LogP contribution is -2.52. The average Bonchev–Trinajstić information content (AvgIpc) is 2.27. The summed E-state index contributed by atoms with van der Waals surface area (Å²) >= 11 is 11.6. The third-order valence-corrected chi connectivity index (χ3v) is 4.05. The molecule has 0 atom stereocenters. The lowest BCUT2D eigenvalue weighted by atomic mass is 9.94. The summed E-state index contributed by atoms with van der Waals surface area (Å²) in [7, 11) is -2.47. The van der Waals surface area contributed by atoms with Gasteiger partial charge < -0.3 is 14.6 Å². The SMILES string of the molecule is C[Si](C)(C)OC(C(=O)O)(C(=O)O)c1ccc(Cl)c(Cl)c1. The molecule has 0 aliphatic carbocycles. The van der Waals surface area contributed by atoms with Crippen LogP contribution in [0.15, 0.2) is 18.2 Å². The molecule has 0 aliphatic heterocycles. The number of carboxylic acids is 2. The molecule has 5 nitrogen and oxygen atoms in total. The van der Waals surface area contributed by atoms with Gasteiger partial charge in [0.2, 0.25) is 0 Å². The van der Waals surface area contributed by atoms with Crippen LogP contribution < -0.4 is 0 Å². The summed E-state index contributed by atoms with van der Waals surface area (Å²) in [5.74, 6) is -3.21. The third kappa shape index (κ3) is 3.32. The standard InChI is InChI=1S/C12H14Cl2O5Si/c1-20(2,3)19-12(10(15)16,11(17)18)7-4-5-8(13)9(14)6-7/h4-6H,1-3H3,(H,15,16)(H,17,18). The molecular weight excluding hydrogens is 323 g/mol. The Morgan fingerprint density at radius 1 is 1.10 bits per heavy atom. The summed E-state index contributed by atoms with van der Waals surface area (Å²) in [6.45, 7) is 5.10. The first-order valence-corrected chi connectivity index (χ1v) is 9.79. The Morgan fingerprint density at radius 3 is 1.95 bits per heavy atom. The third-order valence-electron chi connectivity index (χ3n) is 2.39. The molecule has 110 valence electrons. The van der Waals surface area contributed by atoms with Gasteiger partial charge in [0.05, 0.1) is 10.0 Å². The van der Waals surface area contributed by atoms with Crippen molar-refractivity contribution in [1.29, 1.82) is 0 Å². The van der Waals surface area contributed by atoms with Gasteiger partial charge in [0.25, 0.3) is 5.60 Å². The molecule has 1 rings (SSSR count). The second kappa shape index (κ2) is 5.73. The summed E-state index contributed by atoms with van der Waals surface area (Å²) in [5.41, 5.74) is -2.56. The second-order valence-electron chi connectivity index (χ2n) is 5.13. The van der Waals surface area contributed by atoms with Crippen molar-refractivity contribution < 1.29 is 24.2 Å². The molecule has 0 unspecified atom stereocenters. The van der Waals surface area contributed by atoms with Gasteiger partial charge in [-0.3, -0.25) is 0 Å². The van der Waals surface area contributed by atoms with Crippen LogP contribution >= 0.6 is 23.2 Å². The highest BCUT2D eigenvalue weighted by Crippen LogP contribution is 2.34. The van der Waals surface area contributed by atoms with Gasteiger partial charge in [-0.1, -0.05) is 29.3 Å². The molecule has 0 saturated carbocycles. The number of aliphatic carboxylic acids is 2. The maximum atomic E-state index is 11.6. The van der Waals surface area contributed by atoms with Crippen LogP contribution in [0.25, 0.3) is 0 Å². The zero-order chi connectivity index (χ0) is 15.7. The minimum atomic E-state index is -2.49. The first-order valence-electron chi connectivity index (χ1n) is 5.63. The summed E-state index contributed by atoms with van der Waals surface area (Å²) in [5, 5.41) is 19.1. The van der Waals surface area contributed by atoms with E-state index in [1.807, 2.05) is 0 Å². The van der Waals surface area contributed by atoms with Crippen molar-refractivity contribution >= 4 is 43.5 Å². The van der Waals surface area contributed by atoms with E-state index < -0.39 is 25.9 Å². The van der Waals surface area contributed by atoms with Crippen LogP contribution in [0.1, 0.15) is 5.56 Å². The van der Waals surface area contributed by atoms with Crippen molar-refractivity contribution in [3.8, 4) is 0 Å². The number of hydrogen-bond acceptors (Lipinski definition) is 3. The van der Waals surface area contributed by atoms with E-state index in [1.54, 1.807) is 19.6 Å². The van der Waals surface area contributed by atoms with E-state index in [4.69, 9.17) is 27.6 Å². The van der Waals surface area contributed by atoms with Gasteiger partial charge in [0, 0.05) is 5.56 Å². The number of benzene rings is 1. The quantitative estimate of drug-likeness (QED) is 0.637. The highest BCUT2D eigenvalue weighted by Gasteiger charge is 2.52. The Morgan fingerprint density at radius 2 is 1.60 bits per heavy atom. The number of halogens is 2. The van der Waals surface area contributed by atoms with Crippen molar-refractivity contribution in [2.75, 3.05) is 0 Å². The fourth-order valence-corrected chi connectivity index (χ4v) is 3.17. The molecule has 0 amide bonds. The van der Waals surface area contributed by atoms with Crippen molar-refractivity contribution in [2.45, 2.75) is 25.2 Å². The Kier molecular flexibility index (Phi) is 4.86. The summed E-state index contributed by atoms with van der Waals surface area (Å²) in [6, 6.07) is 3.83. The highest BCUT2D eigenvalue weighted by molar-refractivity contribution is 6.70. The van der Waals surface area contributed by atoms with Crippen molar-refractivity contribution in [3.05, 3.63) is 33.8 Å². The maximum Gasteiger partial charge on any atom is 0.351 e. The molecule has 0 fully saturated rings. The fraction of sp³-hybridized carbons (Fsp3) is 0.333. The average molecular weight is 337 g/mol. The van der Waals surface area contributed by atoms with Gasteiger partial charge in [0.1, 0.15) is 0 Å². The van der Waals surface area contributed by atoms with Crippen LogP contribution in [0.2, 0.25) is 29.7 Å². The molecule has 0 spiro atoms. The van der Waals surface area contributed by atoms with E-state index in [0.717, 1.165) is 0 Å². The number of rotatable bonds is 5. The summed E-state index contributed by atoms with van der Waals surface area (Å²) in [4.78, 5) is 23.2. The van der Waals surface area contributed by atoms with Crippen LogP contribution in [-0.2, 0) is 19.6 Å². The van der Waals surface area contributed by atoms with Crippen molar-refractivity contribution in [3.63, 3.8) is 0 Å². The molecule has 0 bridgehead atoms. The van der Waals surface area contributed by atoms with Crippen LogP contribution in [0, 0.1) is 0 Å². The van der Waals surface area contributed by atoms with Crippen LogP contribution in [0.5, 0.6) is 0 Å². The minimum Gasteiger partial charge on any atom is -0.478 e. The number of hydrogen-bond donors (Lipinski definition) is 2. The zero-order valence-electron chi connectivity index (χ0n) is 11.1. The van der Waals surface area contributed by atoms with Crippen LogP contribution in [0.4, 0.5) is 0 Å². The molecule has 0 heterocycles. The Bertz CT molecular complexity index is 539. The molecule has 0 aromatic heterocycles. The largest absolute Gasteiger partial charge is 0.478 e. The highest BCUT2D eigenvalue weighted by atomic mass is 35.5. The molecule has 0 saturated heterocycles.